The molecule has 0 radical (unpaired) electrons. The number of carbonyl (C=O) groups is 1. The fraction of sp³-hybridized carbons (Fsp3) is 0.235. The third-order valence-corrected chi connectivity index (χ3v) is 4.55. The average Bonchev–Trinajstić information content (AvgIpc) is 3.04. The minimum absolute atomic E-state index is 0.0392. The lowest BCUT2D eigenvalue weighted by Crippen LogP contribution is -2.27. The Morgan fingerprint density at radius 1 is 1.12 bits per heavy atom. The van der Waals surface area contributed by atoms with Crippen molar-refractivity contribution in [2.24, 2.45) is 0 Å². The van der Waals surface area contributed by atoms with Gasteiger partial charge in [0.05, 0.1) is 12.2 Å². The van der Waals surface area contributed by atoms with E-state index >= 15 is 0 Å². The standard InChI is InChI=1S/C17H16N4O4S/c1-9-3-5-11(6-4-9)13(22)8-26-17-21-20-14(25-17)7-12-10(2)18-16(24)19-15(12)23/h3-6H,7-8H2,1-2H3,(H2,18,19,23,24). The molecule has 8 nitrogen and oxygen atoms in total. The molecule has 1 aromatic carbocycles. The highest BCUT2D eigenvalue weighted by atomic mass is 32.2. The summed E-state index contributed by atoms with van der Waals surface area (Å²) in [7, 11) is 0. The molecule has 0 spiro atoms. The summed E-state index contributed by atoms with van der Waals surface area (Å²) in [5, 5.41) is 8.01. The molecule has 0 aliphatic rings. The highest BCUT2D eigenvalue weighted by Gasteiger charge is 2.14. The van der Waals surface area contributed by atoms with E-state index in [0.717, 1.165) is 17.3 Å². The summed E-state index contributed by atoms with van der Waals surface area (Å²) in [6.07, 6.45) is 0.0947. The Balaban J connectivity index is 1.65. The van der Waals surface area contributed by atoms with Gasteiger partial charge in [-0.25, -0.2) is 4.79 Å². The Morgan fingerprint density at radius 3 is 2.54 bits per heavy atom. The number of aromatic nitrogens is 4. The molecule has 0 bridgehead atoms. The van der Waals surface area contributed by atoms with Gasteiger partial charge < -0.3 is 9.40 Å². The fourth-order valence-corrected chi connectivity index (χ4v) is 2.98. The number of thioether (sulfide) groups is 1. The van der Waals surface area contributed by atoms with Gasteiger partial charge in [0, 0.05) is 16.8 Å². The number of H-pyrrole nitrogens is 2. The quantitative estimate of drug-likeness (QED) is 0.498. The average molecular weight is 372 g/mol. The Bertz CT molecular complexity index is 1050. The number of benzene rings is 1. The second-order valence-corrected chi connectivity index (χ2v) is 6.65. The van der Waals surface area contributed by atoms with Crippen molar-refractivity contribution < 1.29 is 9.21 Å². The van der Waals surface area contributed by atoms with Gasteiger partial charge in [-0.2, -0.15) is 0 Å². The maximum absolute atomic E-state index is 12.2. The lowest BCUT2D eigenvalue weighted by atomic mass is 10.1. The fourth-order valence-electron chi connectivity index (χ4n) is 2.31. The summed E-state index contributed by atoms with van der Waals surface area (Å²) in [6.45, 7) is 3.58. The molecule has 3 aromatic rings. The number of nitrogens with one attached hydrogen (secondary N) is 2. The van der Waals surface area contributed by atoms with Crippen molar-refractivity contribution in [3.05, 3.63) is 73.4 Å². The molecule has 0 saturated heterocycles. The number of ketones is 1. The van der Waals surface area contributed by atoms with Gasteiger partial charge in [0.15, 0.2) is 5.78 Å². The first-order valence-corrected chi connectivity index (χ1v) is 8.78. The molecule has 3 rings (SSSR count). The van der Waals surface area contributed by atoms with Crippen LogP contribution < -0.4 is 11.2 Å². The number of rotatable bonds is 6. The molecule has 0 atom stereocenters. The van der Waals surface area contributed by atoms with Crippen molar-refractivity contribution in [3.63, 3.8) is 0 Å². The van der Waals surface area contributed by atoms with E-state index in [1.54, 1.807) is 19.1 Å². The van der Waals surface area contributed by atoms with Crippen LogP contribution in [0.3, 0.4) is 0 Å². The first-order chi connectivity index (χ1) is 12.4. The Hall–Kier alpha value is -2.94. The van der Waals surface area contributed by atoms with E-state index in [2.05, 4.69) is 20.2 Å². The van der Waals surface area contributed by atoms with Gasteiger partial charge in [0.2, 0.25) is 5.89 Å². The molecule has 134 valence electrons. The van der Waals surface area contributed by atoms with Gasteiger partial charge >= 0.3 is 5.69 Å². The first kappa shape index (κ1) is 17.9. The summed E-state index contributed by atoms with van der Waals surface area (Å²) in [6, 6.07) is 7.32. The predicted molar refractivity (Wildman–Crippen MR) is 95.8 cm³/mol. The molecular weight excluding hydrogens is 356 g/mol. The minimum atomic E-state index is -0.562. The van der Waals surface area contributed by atoms with Gasteiger partial charge in [0.25, 0.3) is 10.8 Å². The van der Waals surface area contributed by atoms with Crippen molar-refractivity contribution in [2.75, 3.05) is 5.75 Å². The van der Waals surface area contributed by atoms with Crippen molar-refractivity contribution in [1.29, 1.82) is 0 Å². The number of Topliss-reactive ketones (excluding diaryl/α,β-unsaturated/α-hetero) is 1. The Labute approximate surface area is 152 Å². The number of hydrogen-bond acceptors (Lipinski definition) is 7. The van der Waals surface area contributed by atoms with Crippen LogP contribution in [0.1, 0.15) is 33.1 Å². The molecule has 9 heteroatoms. The van der Waals surface area contributed by atoms with Crippen molar-refractivity contribution in [2.45, 2.75) is 25.5 Å². The maximum atomic E-state index is 12.2. The zero-order valence-electron chi connectivity index (χ0n) is 14.2. The van der Waals surface area contributed by atoms with E-state index in [0.29, 0.717) is 16.8 Å². The molecule has 2 N–H and O–H groups in total. The van der Waals surface area contributed by atoms with Crippen molar-refractivity contribution in [3.8, 4) is 0 Å². The van der Waals surface area contributed by atoms with Gasteiger partial charge in [-0.3, -0.25) is 14.6 Å². The molecule has 0 saturated carbocycles. The maximum Gasteiger partial charge on any atom is 0.325 e. The Morgan fingerprint density at radius 2 is 1.85 bits per heavy atom. The topological polar surface area (TPSA) is 122 Å². The number of aryl methyl sites for hydroxylation is 2. The van der Waals surface area contributed by atoms with E-state index < -0.39 is 11.2 Å². The number of nitrogens with zero attached hydrogens (tertiary/aromatic N) is 2. The van der Waals surface area contributed by atoms with Crippen LogP contribution in [-0.2, 0) is 6.42 Å². The van der Waals surface area contributed by atoms with Crippen LogP contribution in [0.15, 0.2) is 43.5 Å². The first-order valence-electron chi connectivity index (χ1n) is 7.79. The van der Waals surface area contributed by atoms with Crippen LogP contribution in [0.4, 0.5) is 0 Å². The van der Waals surface area contributed by atoms with Gasteiger partial charge in [0.1, 0.15) is 0 Å². The van der Waals surface area contributed by atoms with Gasteiger partial charge in [-0.05, 0) is 13.8 Å². The summed E-state index contributed by atoms with van der Waals surface area (Å²) >= 11 is 1.14. The molecule has 2 aromatic heterocycles. The van der Waals surface area contributed by atoms with Gasteiger partial charge in [-0.15, -0.1) is 10.2 Å². The SMILES string of the molecule is Cc1ccc(C(=O)CSc2nnc(Cc3c(C)[nH]c(=O)[nH]c3=O)o2)cc1. The third kappa shape index (κ3) is 4.17. The third-order valence-electron chi connectivity index (χ3n) is 3.73. The molecule has 26 heavy (non-hydrogen) atoms. The highest BCUT2D eigenvalue weighted by Crippen LogP contribution is 2.19. The van der Waals surface area contributed by atoms with E-state index in [1.165, 1.54) is 0 Å². The molecule has 0 fully saturated rings. The number of aromatic amines is 2. The van der Waals surface area contributed by atoms with E-state index in [9.17, 15) is 14.4 Å². The summed E-state index contributed by atoms with van der Waals surface area (Å²) in [5.74, 6) is 0.363. The predicted octanol–water partition coefficient (Wildman–Crippen LogP) is 1.63. The molecule has 0 aliphatic heterocycles. The second-order valence-electron chi connectivity index (χ2n) is 5.73. The summed E-state index contributed by atoms with van der Waals surface area (Å²) < 4.78 is 5.48. The Kier molecular flexibility index (Phi) is 5.17. The van der Waals surface area contributed by atoms with E-state index in [4.69, 9.17) is 4.42 Å². The molecule has 0 aliphatic carbocycles. The molecule has 0 amide bonds. The zero-order chi connectivity index (χ0) is 18.7. The summed E-state index contributed by atoms with van der Waals surface area (Å²) in [4.78, 5) is 39.9. The minimum Gasteiger partial charge on any atom is -0.416 e. The smallest absolute Gasteiger partial charge is 0.325 e. The highest BCUT2D eigenvalue weighted by molar-refractivity contribution is 7.99. The summed E-state index contributed by atoms with van der Waals surface area (Å²) in [5.41, 5.74) is 1.45. The normalized spacial score (nSPS) is 10.8. The number of hydrogen-bond donors (Lipinski definition) is 2. The largest absolute Gasteiger partial charge is 0.416 e. The van der Waals surface area contributed by atoms with Gasteiger partial charge in [-0.1, -0.05) is 41.6 Å². The van der Waals surface area contributed by atoms with E-state index in [-0.39, 0.29) is 29.1 Å². The lowest BCUT2D eigenvalue weighted by Gasteiger charge is -2.00. The molecule has 0 unspecified atom stereocenters. The van der Waals surface area contributed by atoms with Crippen molar-refractivity contribution in [1.82, 2.24) is 20.2 Å². The second kappa shape index (κ2) is 7.52. The van der Waals surface area contributed by atoms with Crippen LogP contribution >= 0.6 is 11.8 Å². The van der Waals surface area contributed by atoms with Crippen LogP contribution in [-0.4, -0.2) is 31.7 Å². The lowest BCUT2D eigenvalue weighted by molar-refractivity contribution is 0.102. The van der Waals surface area contributed by atoms with E-state index in [1.807, 2.05) is 19.1 Å². The molecule has 2 heterocycles. The monoisotopic (exact) mass is 372 g/mol. The van der Waals surface area contributed by atoms with Crippen molar-refractivity contribution >= 4 is 17.5 Å². The van der Waals surface area contributed by atoms with Crippen LogP contribution in [0.2, 0.25) is 0 Å². The number of carbonyl (C=O) groups excluding carboxylic acids is 1. The molecular formula is C17H16N4O4S. The van der Waals surface area contributed by atoms with Crippen LogP contribution in [0.5, 0.6) is 0 Å². The zero-order valence-corrected chi connectivity index (χ0v) is 15.0. The van der Waals surface area contributed by atoms with Crippen LogP contribution in [0.25, 0.3) is 0 Å². The van der Waals surface area contributed by atoms with Crippen LogP contribution in [0, 0.1) is 13.8 Å².